The lowest BCUT2D eigenvalue weighted by Gasteiger charge is -2.08. The lowest BCUT2D eigenvalue weighted by Crippen LogP contribution is -1.99. The van der Waals surface area contributed by atoms with Crippen molar-refractivity contribution in [2.45, 2.75) is 26.2 Å². The molecule has 0 unspecified atom stereocenters. The van der Waals surface area contributed by atoms with Gasteiger partial charge in [0.15, 0.2) is 11.6 Å². The first-order valence-electron chi connectivity index (χ1n) is 6.79. The third-order valence-corrected chi connectivity index (χ3v) is 3.04. The molecule has 2 heteroatoms. The summed E-state index contributed by atoms with van der Waals surface area (Å²) in [6.45, 7) is 2.71. The van der Waals surface area contributed by atoms with E-state index in [0.717, 1.165) is 30.4 Å². The van der Waals surface area contributed by atoms with E-state index in [-0.39, 0.29) is 5.82 Å². The van der Waals surface area contributed by atoms with Gasteiger partial charge in [0.05, 0.1) is 6.61 Å². The Morgan fingerprint density at radius 1 is 0.947 bits per heavy atom. The summed E-state index contributed by atoms with van der Waals surface area (Å²) in [7, 11) is 0. The van der Waals surface area contributed by atoms with Gasteiger partial charge in [-0.15, -0.1) is 0 Å². The Morgan fingerprint density at radius 2 is 1.74 bits per heavy atom. The van der Waals surface area contributed by atoms with E-state index in [1.807, 2.05) is 36.4 Å². The minimum Gasteiger partial charge on any atom is -0.491 e. The van der Waals surface area contributed by atoms with Crippen LogP contribution in [0.4, 0.5) is 4.39 Å². The summed E-state index contributed by atoms with van der Waals surface area (Å²) in [5, 5.41) is 0. The van der Waals surface area contributed by atoms with Crippen molar-refractivity contribution in [2.24, 2.45) is 0 Å². The van der Waals surface area contributed by atoms with E-state index in [0.29, 0.717) is 12.4 Å². The second-order valence-corrected chi connectivity index (χ2v) is 4.57. The molecule has 0 aliphatic carbocycles. The fourth-order valence-corrected chi connectivity index (χ4v) is 1.96. The average molecular weight is 258 g/mol. The molecule has 0 spiro atoms. The van der Waals surface area contributed by atoms with Crippen molar-refractivity contribution in [1.82, 2.24) is 0 Å². The van der Waals surface area contributed by atoms with Crippen LogP contribution >= 0.6 is 0 Å². The van der Waals surface area contributed by atoms with E-state index in [2.05, 4.69) is 6.92 Å². The molecule has 0 atom stereocenters. The van der Waals surface area contributed by atoms with Crippen molar-refractivity contribution in [3.8, 4) is 16.9 Å². The summed E-state index contributed by atoms with van der Waals surface area (Å²) in [6, 6.07) is 14.9. The Hall–Kier alpha value is -1.83. The summed E-state index contributed by atoms with van der Waals surface area (Å²) >= 11 is 0. The van der Waals surface area contributed by atoms with E-state index in [4.69, 9.17) is 4.74 Å². The quantitative estimate of drug-likeness (QED) is 0.658. The molecule has 100 valence electrons. The molecular formula is C17H19FO. The molecule has 1 nitrogen and oxygen atoms in total. The zero-order valence-corrected chi connectivity index (χ0v) is 11.2. The normalized spacial score (nSPS) is 10.4. The maximum absolute atomic E-state index is 13.9. The molecule has 0 radical (unpaired) electrons. The Labute approximate surface area is 114 Å². The van der Waals surface area contributed by atoms with Crippen molar-refractivity contribution < 1.29 is 9.13 Å². The summed E-state index contributed by atoms with van der Waals surface area (Å²) in [5.41, 5.74) is 1.89. The van der Waals surface area contributed by atoms with Crippen LogP contribution < -0.4 is 4.74 Å². The van der Waals surface area contributed by atoms with Crippen LogP contribution in [0.1, 0.15) is 26.2 Å². The Kier molecular flexibility index (Phi) is 4.96. The lowest BCUT2D eigenvalue weighted by atomic mass is 10.1. The SMILES string of the molecule is CCCCCOc1ccc(-c2ccccc2)cc1F. The molecule has 0 aliphatic heterocycles. The standard InChI is InChI=1S/C17H19FO/c1-2-3-7-12-19-17-11-10-15(13-16(17)18)14-8-5-4-6-9-14/h4-6,8-11,13H,2-3,7,12H2,1H3. The maximum Gasteiger partial charge on any atom is 0.165 e. The first kappa shape index (κ1) is 13.6. The highest BCUT2D eigenvalue weighted by atomic mass is 19.1. The van der Waals surface area contributed by atoms with Crippen LogP contribution in [0.3, 0.4) is 0 Å². The predicted molar refractivity (Wildman–Crippen MR) is 76.9 cm³/mol. The molecule has 0 saturated heterocycles. The van der Waals surface area contributed by atoms with Crippen LogP contribution in [-0.4, -0.2) is 6.61 Å². The first-order valence-corrected chi connectivity index (χ1v) is 6.79. The van der Waals surface area contributed by atoms with Gasteiger partial charge in [0.1, 0.15) is 0 Å². The number of halogens is 1. The van der Waals surface area contributed by atoms with Crippen molar-refractivity contribution in [1.29, 1.82) is 0 Å². The molecule has 2 rings (SSSR count). The molecule has 0 aromatic heterocycles. The van der Waals surface area contributed by atoms with Crippen LogP contribution in [-0.2, 0) is 0 Å². The van der Waals surface area contributed by atoms with Gasteiger partial charge in [0, 0.05) is 0 Å². The number of rotatable bonds is 6. The van der Waals surface area contributed by atoms with Gasteiger partial charge in [-0.25, -0.2) is 4.39 Å². The minimum atomic E-state index is -0.294. The fraction of sp³-hybridized carbons (Fsp3) is 0.294. The summed E-state index contributed by atoms with van der Waals surface area (Å²) < 4.78 is 19.4. The largest absolute Gasteiger partial charge is 0.491 e. The van der Waals surface area contributed by atoms with Gasteiger partial charge in [-0.05, 0) is 29.7 Å². The maximum atomic E-state index is 13.9. The van der Waals surface area contributed by atoms with Crippen molar-refractivity contribution in [3.63, 3.8) is 0 Å². The molecule has 0 bridgehead atoms. The monoisotopic (exact) mass is 258 g/mol. The molecule has 0 N–H and O–H groups in total. The predicted octanol–water partition coefficient (Wildman–Crippen LogP) is 5.06. The van der Waals surface area contributed by atoms with Crippen LogP contribution in [0.2, 0.25) is 0 Å². The highest BCUT2D eigenvalue weighted by Crippen LogP contribution is 2.25. The smallest absolute Gasteiger partial charge is 0.165 e. The highest BCUT2D eigenvalue weighted by Gasteiger charge is 2.05. The molecule has 0 fully saturated rings. The highest BCUT2D eigenvalue weighted by molar-refractivity contribution is 5.64. The Morgan fingerprint density at radius 3 is 2.42 bits per heavy atom. The second kappa shape index (κ2) is 6.93. The first-order chi connectivity index (χ1) is 9.31. The Balaban J connectivity index is 2.05. The van der Waals surface area contributed by atoms with Crippen LogP contribution in [0.15, 0.2) is 48.5 Å². The molecule has 0 aliphatic rings. The summed E-state index contributed by atoms with van der Waals surface area (Å²) in [6.07, 6.45) is 3.22. The molecule has 0 amide bonds. The Bertz CT molecular complexity index is 508. The van der Waals surface area contributed by atoms with Gasteiger partial charge in [-0.3, -0.25) is 0 Å². The van der Waals surface area contributed by atoms with Crippen molar-refractivity contribution >= 4 is 0 Å². The van der Waals surface area contributed by atoms with E-state index in [9.17, 15) is 4.39 Å². The van der Waals surface area contributed by atoms with Crippen molar-refractivity contribution in [3.05, 3.63) is 54.3 Å². The van der Waals surface area contributed by atoms with Gasteiger partial charge < -0.3 is 4.74 Å². The molecule has 19 heavy (non-hydrogen) atoms. The van der Waals surface area contributed by atoms with Gasteiger partial charge >= 0.3 is 0 Å². The van der Waals surface area contributed by atoms with Crippen molar-refractivity contribution in [2.75, 3.05) is 6.61 Å². The number of ether oxygens (including phenoxy) is 1. The molecular weight excluding hydrogens is 239 g/mol. The van der Waals surface area contributed by atoms with E-state index < -0.39 is 0 Å². The summed E-state index contributed by atoms with van der Waals surface area (Å²) in [4.78, 5) is 0. The van der Waals surface area contributed by atoms with E-state index in [1.165, 1.54) is 6.07 Å². The van der Waals surface area contributed by atoms with Crippen LogP contribution in [0, 0.1) is 5.82 Å². The summed E-state index contributed by atoms with van der Waals surface area (Å²) in [5.74, 6) is 0.0497. The van der Waals surface area contributed by atoms with Crippen LogP contribution in [0.25, 0.3) is 11.1 Å². The number of hydrogen-bond donors (Lipinski definition) is 0. The molecule has 2 aromatic rings. The van der Waals surface area contributed by atoms with Gasteiger partial charge in [-0.2, -0.15) is 0 Å². The zero-order valence-electron chi connectivity index (χ0n) is 11.2. The second-order valence-electron chi connectivity index (χ2n) is 4.57. The minimum absolute atomic E-state index is 0.294. The third-order valence-electron chi connectivity index (χ3n) is 3.04. The number of unbranched alkanes of at least 4 members (excludes halogenated alkanes) is 2. The fourth-order valence-electron chi connectivity index (χ4n) is 1.96. The van der Waals surface area contributed by atoms with E-state index in [1.54, 1.807) is 6.07 Å². The van der Waals surface area contributed by atoms with E-state index >= 15 is 0 Å². The van der Waals surface area contributed by atoms with Crippen LogP contribution in [0.5, 0.6) is 5.75 Å². The number of benzene rings is 2. The molecule has 2 aromatic carbocycles. The van der Waals surface area contributed by atoms with Gasteiger partial charge in [0.2, 0.25) is 0 Å². The zero-order chi connectivity index (χ0) is 13.5. The molecule has 0 saturated carbocycles. The van der Waals surface area contributed by atoms with Gasteiger partial charge in [-0.1, -0.05) is 56.2 Å². The third kappa shape index (κ3) is 3.82. The lowest BCUT2D eigenvalue weighted by molar-refractivity contribution is 0.291. The topological polar surface area (TPSA) is 9.23 Å². The molecule has 0 heterocycles. The number of hydrogen-bond acceptors (Lipinski definition) is 1. The average Bonchev–Trinajstić information content (AvgIpc) is 2.46. The van der Waals surface area contributed by atoms with Gasteiger partial charge in [0.25, 0.3) is 0 Å².